The van der Waals surface area contributed by atoms with Gasteiger partial charge in [-0.25, -0.2) is 3.96 Å². The van der Waals surface area contributed by atoms with Crippen LogP contribution in [0.5, 0.6) is 5.75 Å². The lowest BCUT2D eigenvalue weighted by Crippen LogP contribution is -2.05. The van der Waals surface area contributed by atoms with Crippen molar-refractivity contribution in [2.45, 2.75) is 0 Å². The number of ether oxygens (including phenoxy) is 1. The summed E-state index contributed by atoms with van der Waals surface area (Å²) < 4.78 is 7.11. The van der Waals surface area contributed by atoms with Crippen molar-refractivity contribution in [3.63, 3.8) is 0 Å². The highest BCUT2D eigenvalue weighted by Crippen LogP contribution is 2.22. The van der Waals surface area contributed by atoms with E-state index in [0.29, 0.717) is 16.1 Å². The van der Waals surface area contributed by atoms with Crippen molar-refractivity contribution in [2.75, 3.05) is 7.11 Å². The first-order valence-electron chi connectivity index (χ1n) is 8.69. The van der Waals surface area contributed by atoms with E-state index in [1.807, 2.05) is 64.6 Å². The third kappa shape index (κ3) is 3.77. The molecule has 3 aromatic carbocycles. The van der Waals surface area contributed by atoms with Gasteiger partial charge in [-0.05, 0) is 47.9 Å². The molecule has 0 N–H and O–H groups in total. The van der Waals surface area contributed by atoms with Crippen LogP contribution in [0.3, 0.4) is 0 Å². The number of hydrogen-bond acceptors (Lipinski definition) is 4. The van der Waals surface area contributed by atoms with Crippen LogP contribution in [0.4, 0.5) is 0 Å². The minimum atomic E-state index is -0.337. The fourth-order valence-electron chi connectivity index (χ4n) is 2.72. The summed E-state index contributed by atoms with van der Waals surface area (Å²) in [6, 6.07) is 26.6. The van der Waals surface area contributed by atoms with Crippen LogP contribution in [0.1, 0.15) is 10.4 Å². The number of aromatic nitrogens is 2. The van der Waals surface area contributed by atoms with Crippen molar-refractivity contribution < 1.29 is 9.53 Å². The molecule has 0 saturated heterocycles. The molecule has 138 valence electrons. The molecule has 1 amide bonds. The SMILES string of the molecule is COc1ccc(C(=O)N=c2nc(-c3ccccc3)n(-c3ccccc3)s2)cc1. The molecule has 1 heterocycles. The molecule has 0 saturated carbocycles. The monoisotopic (exact) mass is 387 g/mol. The Morgan fingerprint density at radius 1 is 0.929 bits per heavy atom. The quantitative estimate of drug-likeness (QED) is 0.523. The number of para-hydroxylation sites is 1. The number of rotatable bonds is 4. The van der Waals surface area contributed by atoms with E-state index in [2.05, 4.69) is 9.98 Å². The molecular weight excluding hydrogens is 370 g/mol. The Balaban J connectivity index is 1.78. The highest BCUT2D eigenvalue weighted by Gasteiger charge is 2.12. The minimum Gasteiger partial charge on any atom is -0.497 e. The lowest BCUT2D eigenvalue weighted by atomic mass is 10.2. The summed E-state index contributed by atoms with van der Waals surface area (Å²) in [4.78, 5) is 21.8. The zero-order valence-corrected chi connectivity index (χ0v) is 16.0. The van der Waals surface area contributed by atoms with Gasteiger partial charge in [0, 0.05) is 11.1 Å². The third-order valence-corrected chi connectivity index (χ3v) is 5.04. The molecule has 1 aromatic heterocycles. The van der Waals surface area contributed by atoms with E-state index in [-0.39, 0.29) is 5.91 Å². The molecular formula is C22H17N3O2S. The van der Waals surface area contributed by atoms with Crippen LogP contribution in [0.25, 0.3) is 17.1 Å². The minimum absolute atomic E-state index is 0.337. The number of benzene rings is 3. The maximum atomic E-state index is 12.6. The molecule has 0 aliphatic heterocycles. The Hall–Kier alpha value is -3.51. The summed E-state index contributed by atoms with van der Waals surface area (Å²) >= 11 is 1.33. The van der Waals surface area contributed by atoms with Crippen LogP contribution in [0.2, 0.25) is 0 Å². The summed E-state index contributed by atoms with van der Waals surface area (Å²) in [5.74, 6) is 1.10. The topological polar surface area (TPSA) is 56.5 Å². The van der Waals surface area contributed by atoms with Gasteiger partial charge in [0.2, 0.25) is 4.80 Å². The Morgan fingerprint density at radius 3 is 2.21 bits per heavy atom. The molecule has 5 nitrogen and oxygen atoms in total. The highest BCUT2D eigenvalue weighted by molar-refractivity contribution is 7.04. The van der Waals surface area contributed by atoms with Gasteiger partial charge >= 0.3 is 0 Å². The summed E-state index contributed by atoms with van der Waals surface area (Å²) in [7, 11) is 1.59. The number of nitrogens with zero attached hydrogens (tertiary/aromatic N) is 3. The molecule has 4 rings (SSSR count). The van der Waals surface area contributed by atoms with Gasteiger partial charge in [0.15, 0.2) is 5.82 Å². The molecule has 0 aliphatic rings. The fraction of sp³-hybridized carbons (Fsp3) is 0.0455. The fourth-order valence-corrected chi connectivity index (χ4v) is 3.59. The van der Waals surface area contributed by atoms with Gasteiger partial charge in [0.05, 0.1) is 12.8 Å². The first-order valence-corrected chi connectivity index (χ1v) is 9.46. The number of amides is 1. The highest BCUT2D eigenvalue weighted by atomic mass is 32.1. The molecule has 6 heteroatoms. The second kappa shape index (κ2) is 8.02. The van der Waals surface area contributed by atoms with E-state index >= 15 is 0 Å². The number of hydrogen-bond donors (Lipinski definition) is 0. The number of carbonyl (C=O) groups excluding carboxylic acids is 1. The molecule has 0 bridgehead atoms. The van der Waals surface area contributed by atoms with Gasteiger partial charge in [-0.15, -0.1) is 0 Å². The maximum Gasteiger partial charge on any atom is 0.279 e. The summed E-state index contributed by atoms with van der Waals surface area (Å²) in [5, 5.41) is 0. The normalized spacial score (nSPS) is 11.4. The smallest absolute Gasteiger partial charge is 0.279 e. The zero-order chi connectivity index (χ0) is 19.3. The lowest BCUT2D eigenvalue weighted by molar-refractivity contribution is 0.0998. The van der Waals surface area contributed by atoms with Gasteiger partial charge in [-0.2, -0.15) is 9.98 Å². The second-order valence-electron chi connectivity index (χ2n) is 5.95. The Labute approximate surface area is 166 Å². The van der Waals surface area contributed by atoms with E-state index in [0.717, 1.165) is 17.1 Å². The van der Waals surface area contributed by atoms with E-state index in [1.54, 1.807) is 31.4 Å². The van der Waals surface area contributed by atoms with Crippen LogP contribution < -0.4 is 9.54 Å². The number of carbonyl (C=O) groups is 1. The first kappa shape index (κ1) is 17.9. The van der Waals surface area contributed by atoms with E-state index in [1.165, 1.54) is 11.5 Å². The third-order valence-electron chi connectivity index (χ3n) is 4.12. The molecule has 0 unspecified atom stereocenters. The van der Waals surface area contributed by atoms with Gasteiger partial charge in [-0.1, -0.05) is 48.5 Å². The molecule has 28 heavy (non-hydrogen) atoms. The van der Waals surface area contributed by atoms with Crippen LogP contribution in [-0.4, -0.2) is 22.0 Å². The Morgan fingerprint density at radius 2 is 1.57 bits per heavy atom. The van der Waals surface area contributed by atoms with Crippen LogP contribution in [-0.2, 0) is 0 Å². The maximum absolute atomic E-state index is 12.6. The molecule has 0 fully saturated rings. The standard InChI is InChI=1S/C22H17N3O2S/c1-27-19-14-12-17(13-15-19)21(26)24-22-23-20(16-8-4-2-5-9-16)25(28-22)18-10-6-3-7-11-18/h2-15H,1H3. The molecule has 4 aromatic rings. The van der Waals surface area contributed by atoms with E-state index < -0.39 is 0 Å². The first-order chi connectivity index (χ1) is 13.7. The Bertz CT molecular complexity index is 1090. The lowest BCUT2D eigenvalue weighted by Gasteiger charge is -2.05. The predicted molar refractivity (Wildman–Crippen MR) is 110 cm³/mol. The molecule has 0 aliphatic carbocycles. The van der Waals surface area contributed by atoms with Crippen molar-refractivity contribution in [3.8, 4) is 22.8 Å². The van der Waals surface area contributed by atoms with E-state index in [4.69, 9.17) is 4.74 Å². The average Bonchev–Trinajstić information content (AvgIpc) is 3.19. The van der Waals surface area contributed by atoms with Crippen molar-refractivity contribution in [2.24, 2.45) is 4.99 Å². The van der Waals surface area contributed by atoms with Crippen molar-refractivity contribution >= 4 is 17.4 Å². The van der Waals surface area contributed by atoms with Gasteiger partial charge < -0.3 is 4.74 Å². The largest absolute Gasteiger partial charge is 0.497 e. The Kier molecular flexibility index (Phi) is 5.12. The molecule has 0 spiro atoms. The summed E-state index contributed by atoms with van der Waals surface area (Å²) in [6.45, 7) is 0. The van der Waals surface area contributed by atoms with Gasteiger partial charge in [-0.3, -0.25) is 4.79 Å². The van der Waals surface area contributed by atoms with Crippen molar-refractivity contribution in [1.29, 1.82) is 0 Å². The van der Waals surface area contributed by atoms with Crippen molar-refractivity contribution in [1.82, 2.24) is 8.94 Å². The predicted octanol–water partition coefficient (Wildman–Crippen LogP) is 4.35. The van der Waals surface area contributed by atoms with Crippen molar-refractivity contribution in [3.05, 3.63) is 95.3 Å². The van der Waals surface area contributed by atoms with E-state index in [9.17, 15) is 4.79 Å². The zero-order valence-electron chi connectivity index (χ0n) is 15.1. The summed E-state index contributed by atoms with van der Waals surface area (Å²) in [5.41, 5.74) is 2.42. The van der Waals surface area contributed by atoms with Gasteiger partial charge in [0.25, 0.3) is 5.91 Å². The molecule has 0 radical (unpaired) electrons. The van der Waals surface area contributed by atoms with Gasteiger partial charge in [0.1, 0.15) is 5.75 Å². The summed E-state index contributed by atoms with van der Waals surface area (Å²) in [6.07, 6.45) is 0. The second-order valence-corrected chi connectivity index (χ2v) is 6.86. The average molecular weight is 387 g/mol. The number of methoxy groups -OCH3 is 1. The van der Waals surface area contributed by atoms with Crippen LogP contribution in [0.15, 0.2) is 89.9 Å². The molecule has 0 atom stereocenters. The van der Waals surface area contributed by atoms with Crippen LogP contribution >= 0.6 is 11.5 Å². The van der Waals surface area contributed by atoms with Crippen LogP contribution in [0, 0.1) is 0 Å².